The Morgan fingerprint density at radius 3 is 2.62 bits per heavy atom. The number of aliphatic hydroxyl groups is 1. The van der Waals surface area contributed by atoms with E-state index in [2.05, 4.69) is 5.32 Å². The number of anilines is 1. The second-order valence-corrected chi connectivity index (χ2v) is 8.28. The Labute approximate surface area is 186 Å². The fourth-order valence-electron chi connectivity index (χ4n) is 3.49. The average Bonchev–Trinajstić information content (AvgIpc) is 2.75. The van der Waals surface area contributed by atoms with Gasteiger partial charge in [0.05, 0.1) is 17.2 Å². The number of hydrogen-bond acceptors (Lipinski definition) is 5. The summed E-state index contributed by atoms with van der Waals surface area (Å²) >= 11 is 0. The van der Waals surface area contributed by atoms with E-state index in [9.17, 15) is 23.1 Å². The molecule has 1 saturated heterocycles. The number of hydrogen-bond donors (Lipinski definition) is 2. The van der Waals surface area contributed by atoms with E-state index in [1.165, 1.54) is 19.1 Å². The fraction of sp³-hybridized carbons (Fsp3) is 0.652. The first-order valence-corrected chi connectivity index (χ1v) is 11.0. The number of nitriles is 1. The molecule has 1 aromatic carbocycles. The molecule has 1 heterocycles. The maximum Gasteiger partial charge on any atom is 0.417 e. The van der Waals surface area contributed by atoms with Gasteiger partial charge in [-0.25, -0.2) is 0 Å². The van der Waals surface area contributed by atoms with Gasteiger partial charge in [0, 0.05) is 18.9 Å². The molecule has 1 aromatic rings. The summed E-state index contributed by atoms with van der Waals surface area (Å²) in [5.74, 6) is -0.781. The lowest BCUT2D eigenvalue weighted by Crippen LogP contribution is -2.40. The van der Waals surface area contributed by atoms with Crippen LogP contribution in [0.1, 0.15) is 75.8 Å². The van der Waals surface area contributed by atoms with Crippen LogP contribution < -0.4 is 5.32 Å². The van der Waals surface area contributed by atoms with Crippen molar-refractivity contribution in [1.82, 2.24) is 0 Å². The number of carbonyl (C=O) groups is 1. The van der Waals surface area contributed by atoms with Crippen molar-refractivity contribution < 1.29 is 32.5 Å². The minimum absolute atomic E-state index is 0.0827. The topological polar surface area (TPSA) is 91.6 Å². The second-order valence-electron chi connectivity index (χ2n) is 8.28. The molecule has 178 valence electrons. The maximum atomic E-state index is 13.1. The molecule has 0 radical (unpaired) electrons. The van der Waals surface area contributed by atoms with Gasteiger partial charge in [0.25, 0.3) is 5.91 Å². The molecule has 1 aliphatic rings. The Morgan fingerprint density at radius 1 is 1.25 bits per heavy atom. The highest BCUT2D eigenvalue weighted by Gasteiger charge is 2.35. The molecule has 0 aromatic heterocycles. The van der Waals surface area contributed by atoms with Crippen molar-refractivity contribution in [1.29, 1.82) is 5.26 Å². The minimum Gasteiger partial charge on any atom is -0.380 e. The van der Waals surface area contributed by atoms with Gasteiger partial charge in [0.15, 0.2) is 6.29 Å². The lowest BCUT2D eigenvalue weighted by Gasteiger charge is -2.23. The number of amides is 1. The molecule has 9 heteroatoms. The summed E-state index contributed by atoms with van der Waals surface area (Å²) in [4.78, 5) is 12.4. The number of ether oxygens (including phenoxy) is 2. The fourth-order valence-corrected chi connectivity index (χ4v) is 3.49. The van der Waals surface area contributed by atoms with E-state index in [1.807, 2.05) is 0 Å². The second kappa shape index (κ2) is 12.2. The molecule has 1 amide bonds. The predicted molar refractivity (Wildman–Crippen MR) is 113 cm³/mol. The molecule has 1 unspecified atom stereocenters. The third-order valence-electron chi connectivity index (χ3n) is 5.44. The molecule has 6 nitrogen and oxygen atoms in total. The van der Waals surface area contributed by atoms with Crippen LogP contribution in [-0.2, 0) is 20.4 Å². The van der Waals surface area contributed by atoms with Crippen LogP contribution in [0.2, 0.25) is 0 Å². The summed E-state index contributed by atoms with van der Waals surface area (Å²) in [6.07, 6.45) is 2.78. The Balaban J connectivity index is 1.69. The van der Waals surface area contributed by atoms with E-state index in [-0.39, 0.29) is 18.4 Å². The number of halogens is 3. The number of nitrogens with one attached hydrogen (secondary N) is 1. The first-order chi connectivity index (χ1) is 15.1. The minimum atomic E-state index is -4.72. The van der Waals surface area contributed by atoms with Crippen molar-refractivity contribution in [2.75, 3.05) is 18.5 Å². The van der Waals surface area contributed by atoms with E-state index >= 15 is 0 Å². The Bertz CT molecular complexity index is 784. The van der Waals surface area contributed by atoms with Crippen LogP contribution >= 0.6 is 0 Å². The van der Waals surface area contributed by atoms with E-state index in [0.29, 0.717) is 19.1 Å². The zero-order chi connectivity index (χ0) is 23.6. The highest BCUT2D eigenvalue weighted by molar-refractivity contribution is 5.96. The molecule has 2 N–H and O–H groups in total. The summed E-state index contributed by atoms with van der Waals surface area (Å²) in [5.41, 5.74) is -3.49. The molecule has 1 aliphatic heterocycles. The van der Waals surface area contributed by atoms with Crippen LogP contribution in [-0.4, -0.2) is 36.1 Å². The first-order valence-electron chi connectivity index (χ1n) is 11.0. The van der Waals surface area contributed by atoms with Crippen molar-refractivity contribution >= 4 is 11.6 Å². The molecule has 0 bridgehead atoms. The molecule has 2 atom stereocenters. The van der Waals surface area contributed by atoms with Gasteiger partial charge in [-0.05, 0) is 57.2 Å². The van der Waals surface area contributed by atoms with Gasteiger partial charge in [0.1, 0.15) is 5.60 Å². The van der Waals surface area contributed by atoms with Crippen LogP contribution in [0.5, 0.6) is 0 Å². The van der Waals surface area contributed by atoms with Gasteiger partial charge in [-0.1, -0.05) is 25.7 Å². The van der Waals surface area contributed by atoms with Gasteiger partial charge in [-0.15, -0.1) is 0 Å². The van der Waals surface area contributed by atoms with Crippen molar-refractivity contribution in [3.63, 3.8) is 0 Å². The van der Waals surface area contributed by atoms with E-state index < -0.39 is 28.8 Å². The summed E-state index contributed by atoms with van der Waals surface area (Å²) in [7, 11) is 0. The third kappa shape index (κ3) is 8.41. The number of nitrogens with zero attached hydrogens (tertiary/aromatic N) is 1. The Kier molecular flexibility index (Phi) is 9.94. The van der Waals surface area contributed by atoms with Gasteiger partial charge < -0.3 is 19.9 Å². The highest BCUT2D eigenvalue weighted by Crippen LogP contribution is 2.33. The molecular formula is C23H31F3N2O4. The smallest absolute Gasteiger partial charge is 0.380 e. The Morgan fingerprint density at radius 2 is 1.97 bits per heavy atom. The SMILES string of the molecule is C[C@](O)(CCCCCCCOC1CCCCO1)C(=O)Nc1ccc(C#N)c(C(F)(F)F)c1. The molecule has 32 heavy (non-hydrogen) atoms. The van der Waals surface area contributed by atoms with Crippen molar-refractivity contribution in [3.05, 3.63) is 29.3 Å². The summed E-state index contributed by atoms with van der Waals surface area (Å²) in [6.45, 7) is 2.75. The number of unbranched alkanes of at least 4 members (excludes halogenated alkanes) is 4. The lowest BCUT2D eigenvalue weighted by molar-refractivity contribution is -0.162. The lowest BCUT2D eigenvalue weighted by atomic mass is 9.96. The molecule has 0 aliphatic carbocycles. The number of alkyl halides is 3. The van der Waals surface area contributed by atoms with E-state index in [0.717, 1.165) is 57.6 Å². The number of carbonyl (C=O) groups excluding carboxylic acids is 1. The zero-order valence-corrected chi connectivity index (χ0v) is 18.3. The highest BCUT2D eigenvalue weighted by atomic mass is 19.4. The largest absolute Gasteiger partial charge is 0.417 e. The van der Waals surface area contributed by atoms with Gasteiger partial charge in [-0.3, -0.25) is 4.79 Å². The molecule has 0 saturated carbocycles. The number of benzene rings is 1. The molecular weight excluding hydrogens is 425 g/mol. The van der Waals surface area contributed by atoms with Crippen LogP contribution in [0.15, 0.2) is 18.2 Å². The van der Waals surface area contributed by atoms with E-state index in [1.54, 1.807) is 0 Å². The molecule has 0 spiro atoms. The van der Waals surface area contributed by atoms with Gasteiger partial charge >= 0.3 is 6.18 Å². The zero-order valence-electron chi connectivity index (χ0n) is 18.3. The predicted octanol–water partition coefficient (Wildman–Crippen LogP) is 5.15. The van der Waals surface area contributed by atoms with Crippen LogP contribution in [0, 0.1) is 11.3 Å². The van der Waals surface area contributed by atoms with Crippen LogP contribution in [0.4, 0.5) is 18.9 Å². The third-order valence-corrected chi connectivity index (χ3v) is 5.44. The summed E-state index contributed by atoms with van der Waals surface area (Å²) in [5, 5.41) is 21.6. The maximum absolute atomic E-state index is 13.1. The standard InChI is InChI=1S/C23H31F3N2O4/c1-22(30,12-6-3-2-4-7-13-31-20-9-5-8-14-32-20)21(29)28-18-11-10-17(16-27)19(15-18)23(24,25)26/h10-11,15,20,30H,2-9,12-14H2,1H3,(H,28,29)/t20?,22-/m0/s1. The monoisotopic (exact) mass is 456 g/mol. The van der Waals surface area contributed by atoms with Crippen LogP contribution in [0.3, 0.4) is 0 Å². The number of rotatable bonds is 11. The van der Waals surface area contributed by atoms with Crippen molar-refractivity contribution in [2.45, 2.75) is 82.8 Å². The molecule has 2 rings (SSSR count). The van der Waals surface area contributed by atoms with E-state index in [4.69, 9.17) is 14.7 Å². The first kappa shape index (κ1) is 26.1. The normalized spacial score (nSPS) is 18.6. The average molecular weight is 457 g/mol. The quantitative estimate of drug-likeness (QED) is 0.449. The van der Waals surface area contributed by atoms with Gasteiger partial charge in [-0.2, -0.15) is 18.4 Å². The van der Waals surface area contributed by atoms with Gasteiger partial charge in [0.2, 0.25) is 0 Å². The Hall–Kier alpha value is -2.15. The van der Waals surface area contributed by atoms with Crippen LogP contribution in [0.25, 0.3) is 0 Å². The van der Waals surface area contributed by atoms with Crippen molar-refractivity contribution in [3.8, 4) is 6.07 Å². The molecule has 1 fully saturated rings. The summed E-state index contributed by atoms with van der Waals surface area (Å²) < 4.78 is 50.4. The summed E-state index contributed by atoms with van der Waals surface area (Å²) in [6, 6.07) is 4.39. The van der Waals surface area contributed by atoms with Crippen molar-refractivity contribution in [2.24, 2.45) is 0 Å².